The quantitative estimate of drug-likeness (QED) is 0.683. The lowest BCUT2D eigenvalue weighted by Gasteiger charge is -2.41. The number of hydrogen-bond acceptors (Lipinski definition) is 5. The Balaban J connectivity index is 1.75. The van der Waals surface area contributed by atoms with Gasteiger partial charge in [0.1, 0.15) is 6.04 Å². The van der Waals surface area contributed by atoms with E-state index in [0.29, 0.717) is 51.1 Å². The molecular weight excluding hydrogens is 444 g/mol. The summed E-state index contributed by atoms with van der Waals surface area (Å²) in [6.45, 7) is 10.1. The Kier molecular flexibility index (Phi) is 9.66. The first-order chi connectivity index (χ1) is 16.7. The van der Waals surface area contributed by atoms with E-state index in [1.165, 1.54) is 0 Å². The zero-order chi connectivity index (χ0) is 25.4. The first-order valence-corrected chi connectivity index (χ1v) is 13.1. The summed E-state index contributed by atoms with van der Waals surface area (Å²) in [7, 11) is 0. The minimum absolute atomic E-state index is 0.0446. The van der Waals surface area contributed by atoms with Gasteiger partial charge in [0.2, 0.25) is 11.8 Å². The molecule has 0 aliphatic carbocycles. The van der Waals surface area contributed by atoms with Gasteiger partial charge in [0.05, 0.1) is 17.6 Å². The van der Waals surface area contributed by atoms with Gasteiger partial charge in [0.15, 0.2) is 0 Å². The van der Waals surface area contributed by atoms with E-state index >= 15 is 0 Å². The summed E-state index contributed by atoms with van der Waals surface area (Å²) >= 11 is 0. The standard InChI is InChI=1S/C27H42N4O4/c1-19(2)16-23-24(32)29-21(4)18-35-15-7-5-6-10-27(26(34)30-23)11-13-31(14-12-27)25(33)22-9-8-20(3)28-17-22/h8-9,17,19,21,23H,5-7,10-16,18H2,1-4H3,(H,29,32)(H,30,34)/t21-,23+/m1/s1. The molecule has 8 heteroatoms. The van der Waals surface area contributed by atoms with Gasteiger partial charge in [-0.15, -0.1) is 0 Å². The molecule has 2 aliphatic rings. The molecular formula is C27H42N4O4. The highest BCUT2D eigenvalue weighted by atomic mass is 16.5. The third-order valence-electron chi connectivity index (χ3n) is 7.18. The molecule has 0 saturated carbocycles. The van der Waals surface area contributed by atoms with Crippen molar-refractivity contribution in [1.29, 1.82) is 0 Å². The van der Waals surface area contributed by atoms with Crippen molar-refractivity contribution in [2.75, 3.05) is 26.3 Å². The average molecular weight is 487 g/mol. The number of nitrogens with one attached hydrogen (secondary N) is 2. The smallest absolute Gasteiger partial charge is 0.255 e. The van der Waals surface area contributed by atoms with Gasteiger partial charge in [-0.2, -0.15) is 0 Å². The summed E-state index contributed by atoms with van der Waals surface area (Å²) in [5.74, 6) is 0.00471. The van der Waals surface area contributed by atoms with Crippen LogP contribution in [-0.2, 0) is 14.3 Å². The zero-order valence-corrected chi connectivity index (χ0v) is 21.8. The number of amides is 3. The largest absolute Gasteiger partial charge is 0.379 e. The number of rotatable bonds is 3. The van der Waals surface area contributed by atoms with Gasteiger partial charge < -0.3 is 20.3 Å². The van der Waals surface area contributed by atoms with Crippen LogP contribution in [0.3, 0.4) is 0 Å². The second kappa shape index (κ2) is 12.5. The average Bonchev–Trinajstić information content (AvgIpc) is 2.82. The van der Waals surface area contributed by atoms with E-state index in [1.807, 2.05) is 24.8 Å². The molecule has 1 aromatic rings. The van der Waals surface area contributed by atoms with Crippen LogP contribution in [0.25, 0.3) is 0 Å². The maximum absolute atomic E-state index is 13.7. The lowest BCUT2D eigenvalue weighted by atomic mass is 9.73. The number of nitrogens with zero attached hydrogens (tertiary/aromatic N) is 2. The number of aromatic nitrogens is 1. The van der Waals surface area contributed by atoms with Crippen molar-refractivity contribution in [2.45, 2.75) is 84.7 Å². The maximum Gasteiger partial charge on any atom is 0.255 e. The third-order valence-corrected chi connectivity index (χ3v) is 7.18. The summed E-state index contributed by atoms with van der Waals surface area (Å²) in [5.41, 5.74) is 0.870. The molecule has 8 nitrogen and oxygen atoms in total. The van der Waals surface area contributed by atoms with Crippen molar-refractivity contribution in [1.82, 2.24) is 20.5 Å². The number of ether oxygens (including phenoxy) is 1. The molecule has 2 N–H and O–H groups in total. The zero-order valence-electron chi connectivity index (χ0n) is 21.8. The minimum atomic E-state index is -0.581. The SMILES string of the molecule is Cc1ccc(C(=O)N2CCC3(CCCCCOC[C@@H](C)NC(=O)[C@H](CC(C)C)NC3=O)CC2)cn1. The van der Waals surface area contributed by atoms with Crippen LogP contribution in [0, 0.1) is 18.3 Å². The molecule has 0 unspecified atom stereocenters. The van der Waals surface area contributed by atoms with E-state index in [1.54, 1.807) is 12.3 Å². The van der Waals surface area contributed by atoms with E-state index in [9.17, 15) is 14.4 Å². The highest BCUT2D eigenvalue weighted by molar-refractivity contribution is 5.94. The third kappa shape index (κ3) is 7.50. The molecule has 2 atom stereocenters. The highest BCUT2D eigenvalue weighted by Crippen LogP contribution is 2.38. The predicted molar refractivity (Wildman–Crippen MR) is 135 cm³/mol. The summed E-state index contributed by atoms with van der Waals surface area (Å²) in [6, 6.07) is 2.95. The Labute approximate surface area is 209 Å². The molecule has 2 aliphatic heterocycles. The number of carbonyl (C=O) groups is 3. The van der Waals surface area contributed by atoms with Crippen LogP contribution in [0.2, 0.25) is 0 Å². The fourth-order valence-electron chi connectivity index (χ4n) is 5.01. The normalized spacial score (nSPS) is 24.5. The molecule has 1 spiro atoms. The summed E-state index contributed by atoms with van der Waals surface area (Å²) < 4.78 is 5.75. The second-order valence-electron chi connectivity index (χ2n) is 10.7. The second-order valence-corrected chi connectivity index (χ2v) is 10.7. The van der Waals surface area contributed by atoms with Gasteiger partial charge in [-0.05, 0) is 64.0 Å². The molecule has 3 rings (SSSR count). The van der Waals surface area contributed by atoms with Crippen LogP contribution < -0.4 is 10.6 Å². The number of likely N-dealkylation sites (tertiary alicyclic amines) is 1. The first kappa shape index (κ1) is 27.1. The fourth-order valence-corrected chi connectivity index (χ4v) is 5.01. The number of aryl methyl sites for hydroxylation is 1. The molecule has 3 heterocycles. The molecule has 0 bridgehead atoms. The Morgan fingerprint density at radius 1 is 1.14 bits per heavy atom. The lowest BCUT2D eigenvalue weighted by molar-refractivity contribution is -0.138. The Morgan fingerprint density at radius 2 is 1.89 bits per heavy atom. The topological polar surface area (TPSA) is 101 Å². The van der Waals surface area contributed by atoms with Crippen LogP contribution in [-0.4, -0.2) is 66.0 Å². The van der Waals surface area contributed by atoms with Crippen LogP contribution in [0.15, 0.2) is 18.3 Å². The van der Waals surface area contributed by atoms with Gasteiger partial charge in [0, 0.05) is 37.6 Å². The molecule has 3 amide bonds. The summed E-state index contributed by atoms with van der Waals surface area (Å²) in [6.07, 6.45) is 6.96. The Hall–Kier alpha value is -2.48. The highest BCUT2D eigenvalue weighted by Gasteiger charge is 2.43. The van der Waals surface area contributed by atoms with Gasteiger partial charge in [0.25, 0.3) is 5.91 Å². The molecule has 2 saturated heterocycles. The molecule has 0 aromatic carbocycles. The molecule has 1 aromatic heterocycles. The minimum Gasteiger partial charge on any atom is -0.379 e. The van der Waals surface area contributed by atoms with Crippen molar-refractivity contribution >= 4 is 17.7 Å². The summed E-state index contributed by atoms with van der Waals surface area (Å²) in [4.78, 5) is 45.8. The lowest BCUT2D eigenvalue weighted by Crippen LogP contribution is -2.56. The van der Waals surface area contributed by atoms with Crippen molar-refractivity contribution < 1.29 is 19.1 Å². The molecule has 194 valence electrons. The number of hydrogen-bond donors (Lipinski definition) is 2. The Morgan fingerprint density at radius 3 is 2.54 bits per heavy atom. The van der Waals surface area contributed by atoms with Gasteiger partial charge in [-0.3, -0.25) is 19.4 Å². The van der Waals surface area contributed by atoms with E-state index in [4.69, 9.17) is 4.74 Å². The molecule has 35 heavy (non-hydrogen) atoms. The van der Waals surface area contributed by atoms with E-state index in [0.717, 1.165) is 31.4 Å². The molecule has 2 fully saturated rings. The van der Waals surface area contributed by atoms with Crippen molar-refractivity contribution in [3.63, 3.8) is 0 Å². The van der Waals surface area contributed by atoms with E-state index < -0.39 is 11.5 Å². The summed E-state index contributed by atoms with van der Waals surface area (Å²) in [5, 5.41) is 6.12. The number of piperidine rings is 1. The van der Waals surface area contributed by atoms with Crippen molar-refractivity contribution in [3.05, 3.63) is 29.6 Å². The van der Waals surface area contributed by atoms with Gasteiger partial charge in [-0.1, -0.05) is 26.7 Å². The van der Waals surface area contributed by atoms with E-state index in [-0.39, 0.29) is 29.7 Å². The number of carbonyl (C=O) groups excluding carboxylic acids is 3. The van der Waals surface area contributed by atoms with Crippen LogP contribution in [0.1, 0.15) is 81.8 Å². The first-order valence-electron chi connectivity index (χ1n) is 13.1. The van der Waals surface area contributed by atoms with Crippen LogP contribution in [0.5, 0.6) is 0 Å². The van der Waals surface area contributed by atoms with Gasteiger partial charge in [-0.25, -0.2) is 0 Å². The Bertz CT molecular complexity index is 862. The van der Waals surface area contributed by atoms with Crippen molar-refractivity contribution in [2.24, 2.45) is 11.3 Å². The fraction of sp³-hybridized carbons (Fsp3) is 0.704. The maximum atomic E-state index is 13.7. The monoisotopic (exact) mass is 486 g/mol. The van der Waals surface area contributed by atoms with Crippen LogP contribution in [0.4, 0.5) is 0 Å². The predicted octanol–water partition coefficient (Wildman–Crippen LogP) is 3.24. The number of pyridine rings is 1. The van der Waals surface area contributed by atoms with Gasteiger partial charge >= 0.3 is 0 Å². The van der Waals surface area contributed by atoms with Crippen LogP contribution >= 0.6 is 0 Å². The van der Waals surface area contributed by atoms with Crippen molar-refractivity contribution in [3.8, 4) is 0 Å². The molecule has 0 radical (unpaired) electrons. The van der Waals surface area contributed by atoms with E-state index in [2.05, 4.69) is 29.5 Å².